The van der Waals surface area contributed by atoms with Crippen LogP contribution in [0.25, 0.3) is 0 Å². The molecule has 0 radical (unpaired) electrons. The summed E-state index contributed by atoms with van der Waals surface area (Å²) >= 11 is 0. The van der Waals surface area contributed by atoms with E-state index in [4.69, 9.17) is 18.0 Å². The highest BCUT2D eigenvalue weighted by Crippen LogP contribution is 2.24. The van der Waals surface area contributed by atoms with Crippen molar-refractivity contribution in [2.45, 2.75) is 39.3 Å². The Balaban J connectivity index is 2.10. The molecule has 0 saturated carbocycles. The minimum absolute atomic E-state index is 0.0461. The summed E-state index contributed by atoms with van der Waals surface area (Å²) in [4.78, 5) is 2.31. The highest BCUT2D eigenvalue weighted by atomic mass is 28.4. The van der Waals surface area contributed by atoms with Crippen LogP contribution in [0.2, 0.25) is 6.04 Å². The molecule has 0 aliphatic carbocycles. The Morgan fingerprint density at radius 3 is 2.46 bits per heavy atom. The van der Waals surface area contributed by atoms with Gasteiger partial charge in [0.25, 0.3) is 0 Å². The normalized spacial score (nSPS) is 21.0. The van der Waals surface area contributed by atoms with Crippen LogP contribution in [0.4, 0.5) is 5.69 Å². The molecule has 1 fully saturated rings. The Morgan fingerprint density at radius 1 is 1.12 bits per heavy atom. The summed E-state index contributed by atoms with van der Waals surface area (Å²) in [6, 6.07) is 11.2. The fourth-order valence-corrected chi connectivity index (χ4v) is 5.77. The lowest BCUT2D eigenvalue weighted by Gasteiger charge is -2.37. The van der Waals surface area contributed by atoms with E-state index in [-0.39, 0.29) is 6.10 Å². The van der Waals surface area contributed by atoms with E-state index in [1.54, 1.807) is 0 Å². The van der Waals surface area contributed by atoms with Crippen LogP contribution in [-0.4, -0.2) is 54.4 Å². The third-order valence-corrected chi connectivity index (χ3v) is 7.19. The zero-order chi connectivity index (χ0) is 17.3. The summed E-state index contributed by atoms with van der Waals surface area (Å²) in [6.07, 6.45) is 0.880. The van der Waals surface area contributed by atoms with Gasteiger partial charge in [-0.1, -0.05) is 18.2 Å². The van der Waals surface area contributed by atoms with Crippen LogP contribution in [0.15, 0.2) is 30.3 Å². The van der Waals surface area contributed by atoms with E-state index >= 15 is 0 Å². The molecular weight excluding hydrogens is 322 g/mol. The maximum Gasteiger partial charge on any atom is 0.501 e. The van der Waals surface area contributed by atoms with Crippen molar-refractivity contribution in [2.24, 2.45) is 0 Å². The average Bonchev–Trinajstić information content (AvgIpc) is 2.58. The Morgan fingerprint density at radius 2 is 1.83 bits per heavy atom. The molecule has 0 spiro atoms. The molecule has 2 rings (SSSR count). The number of rotatable bonds is 8. The Labute approximate surface area is 147 Å². The number of anilines is 1. The number of benzene rings is 1. The van der Waals surface area contributed by atoms with Crippen molar-refractivity contribution in [1.82, 2.24) is 0 Å². The first-order valence-electron chi connectivity index (χ1n) is 9.06. The largest absolute Gasteiger partial charge is 0.501 e. The first-order chi connectivity index (χ1) is 11.7. The maximum absolute atomic E-state index is 6.44. The number of likely N-dealkylation sites (N-methyl/N-ethyl adjacent to an activating group) is 1. The standard InChI is InChI=1S/C18H31NO4Si/c1-4-19(17-11-8-7-9-12-17)15-18-16-20-13-10-14-24(23-18,21-5-2)22-6-3/h7-9,11-12,18H,4-6,10,13-16H2,1-3H3. The van der Waals surface area contributed by atoms with Gasteiger partial charge in [0, 0.05) is 44.6 Å². The molecule has 1 atom stereocenters. The summed E-state index contributed by atoms with van der Waals surface area (Å²) in [7, 11) is -2.62. The van der Waals surface area contributed by atoms with Crippen LogP contribution in [0, 0.1) is 0 Å². The van der Waals surface area contributed by atoms with Gasteiger partial charge in [-0.05, 0) is 39.3 Å². The number of nitrogens with zero attached hydrogens (tertiary/aromatic N) is 1. The van der Waals surface area contributed by atoms with E-state index in [2.05, 4.69) is 36.1 Å². The van der Waals surface area contributed by atoms with Crippen molar-refractivity contribution in [1.29, 1.82) is 0 Å². The summed E-state index contributed by atoms with van der Waals surface area (Å²) in [5, 5.41) is 0. The third kappa shape index (κ3) is 5.56. The predicted molar refractivity (Wildman–Crippen MR) is 98.5 cm³/mol. The topological polar surface area (TPSA) is 40.2 Å². The molecule has 6 heteroatoms. The van der Waals surface area contributed by atoms with Gasteiger partial charge in [-0.2, -0.15) is 0 Å². The minimum Gasteiger partial charge on any atom is -0.379 e. The first-order valence-corrected chi connectivity index (χ1v) is 11.0. The Hall–Kier alpha value is -0.923. The van der Waals surface area contributed by atoms with Gasteiger partial charge in [0.1, 0.15) is 0 Å². The molecule has 0 aromatic heterocycles. The van der Waals surface area contributed by atoms with Gasteiger partial charge in [-0.15, -0.1) is 0 Å². The van der Waals surface area contributed by atoms with Gasteiger partial charge in [0.2, 0.25) is 0 Å². The van der Waals surface area contributed by atoms with Crippen LogP contribution < -0.4 is 4.90 Å². The molecule has 5 nitrogen and oxygen atoms in total. The van der Waals surface area contributed by atoms with Crippen molar-refractivity contribution in [3.63, 3.8) is 0 Å². The van der Waals surface area contributed by atoms with Gasteiger partial charge >= 0.3 is 8.80 Å². The second-order valence-corrected chi connectivity index (χ2v) is 8.52. The summed E-state index contributed by atoms with van der Waals surface area (Å²) in [5.74, 6) is 0. The summed E-state index contributed by atoms with van der Waals surface area (Å²) in [5.41, 5.74) is 1.20. The third-order valence-electron chi connectivity index (χ3n) is 4.08. The average molecular weight is 354 g/mol. The number of hydrogen-bond acceptors (Lipinski definition) is 5. The Bertz CT molecular complexity index is 454. The Kier molecular flexibility index (Phi) is 8.21. The van der Waals surface area contributed by atoms with Crippen molar-refractivity contribution in [2.75, 3.05) is 44.4 Å². The second-order valence-electron chi connectivity index (χ2n) is 5.84. The van der Waals surface area contributed by atoms with Crippen molar-refractivity contribution in [3.8, 4) is 0 Å². The van der Waals surface area contributed by atoms with Crippen LogP contribution in [0.3, 0.4) is 0 Å². The molecule has 1 aromatic rings. The number of ether oxygens (including phenoxy) is 1. The summed E-state index contributed by atoms with van der Waals surface area (Å²) < 4.78 is 24.3. The molecule has 1 aliphatic rings. The lowest BCUT2D eigenvalue weighted by atomic mass is 10.2. The lowest BCUT2D eigenvalue weighted by molar-refractivity contribution is -0.0218. The van der Waals surface area contributed by atoms with Crippen LogP contribution in [0.5, 0.6) is 0 Å². The van der Waals surface area contributed by atoms with E-state index in [0.717, 1.165) is 32.2 Å². The van der Waals surface area contributed by atoms with Gasteiger partial charge in [0.15, 0.2) is 0 Å². The fraction of sp³-hybridized carbons (Fsp3) is 0.667. The van der Waals surface area contributed by atoms with Crippen molar-refractivity contribution in [3.05, 3.63) is 30.3 Å². The minimum atomic E-state index is -2.62. The zero-order valence-electron chi connectivity index (χ0n) is 15.2. The smallest absolute Gasteiger partial charge is 0.379 e. The molecule has 0 N–H and O–H groups in total. The molecule has 0 bridgehead atoms. The van der Waals surface area contributed by atoms with Crippen LogP contribution in [-0.2, 0) is 18.0 Å². The van der Waals surface area contributed by atoms with Crippen molar-refractivity contribution >= 4 is 14.5 Å². The van der Waals surface area contributed by atoms with Crippen LogP contribution >= 0.6 is 0 Å². The van der Waals surface area contributed by atoms with E-state index in [1.807, 2.05) is 19.9 Å². The van der Waals surface area contributed by atoms with Gasteiger partial charge < -0.3 is 22.9 Å². The second kappa shape index (κ2) is 10.2. The predicted octanol–water partition coefficient (Wildman–Crippen LogP) is 3.33. The molecule has 0 amide bonds. The molecule has 24 heavy (non-hydrogen) atoms. The highest BCUT2D eigenvalue weighted by molar-refractivity contribution is 6.60. The van der Waals surface area contributed by atoms with Gasteiger partial charge in [-0.25, -0.2) is 0 Å². The first kappa shape index (κ1) is 19.4. The lowest BCUT2D eigenvalue weighted by Crippen LogP contribution is -2.53. The van der Waals surface area contributed by atoms with E-state index in [1.165, 1.54) is 5.69 Å². The molecule has 1 heterocycles. The molecule has 1 aromatic carbocycles. The zero-order valence-corrected chi connectivity index (χ0v) is 16.2. The van der Waals surface area contributed by atoms with Crippen molar-refractivity contribution < 1.29 is 18.0 Å². The number of para-hydroxylation sites is 1. The quantitative estimate of drug-likeness (QED) is 0.671. The molecule has 136 valence electrons. The highest BCUT2D eigenvalue weighted by Gasteiger charge is 2.43. The SMILES string of the molecule is CCO[Si]1(OCC)CCCOCC(CN(CC)c2ccccc2)O1. The molecular formula is C18H31NO4Si. The van der Waals surface area contributed by atoms with E-state index in [0.29, 0.717) is 19.8 Å². The van der Waals surface area contributed by atoms with Gasteiger partial charge in [-0.3, -0.25) is 0 Å². The maximum atomic E-state index is 6.44. The van der Waals surface area contributed by atoms with E-state index in [9.17, 15) is 0 Å². The molecule has 1 saturated heterocycles. The monoisotopic (exact) mass is 353 g/mol. The molecule has 1 aliphatic heterocycles. The van der Waals surface area contributed by atoms with Gasteiger partial charge in [0.05, 0.1) is 12.7 Å². The van der Waals surface area contributed by atoms with Crippen LogP contribution in [0.1, 0.15) is 27.2 Å². The number of hydrogen-bond donors (Lipinski definition) is 0. The van der Waals surface area contributed by atoms with E-state index < -0.39 is 8.80 Å². The summed E-state index contributed by atoms with van der Waals surface area (Å²) in [6.45, 7) is 10.4. The fourth-order valence-electron chi connectivity index (χ4n) is 3.04. The molecule has 1 unspecified atom stereocenters.